The Labute approximate surface area is 121 Å². The molecule has 0 radical (unpaired) electrons. The first-order valence-corrected chi connectivity index (χ1v) is 6.66. The average Bonchev–Trinajstić information content (AvgIpc) is 2.45. The van der Waals surface area contributed by atoms with Crippen LogP contribution in [0.5, 0.6) is 0 Å². The van der Waals surface area contributed by atoms with Gasteiger partial charge in [-0.1, -0.05) is 18.2 Å². The monoisotopic (exact) mass is 284 g/mol. The van der Waals surface area contributed by atoms with E-state index in [1.165, 1.54) is 12.1 Å². The van der Waals surface area contributed by atoms with Crippen molar-refractivity contribution < 1.29 is 8.78 Å². The van der Waals surface area contributed by atoms with Crippen molar-refractivity contribution in [2.45, 2.75) is 12.5 Å². The van der Waals surface area contributed by atoms with Crippen molar-refractivity contribution in [2.24, 2.45) is 5.73 Å². The highest BCUT2D eigenvalue weighted by Gasteiger charge is 2.12. The molecule has 0 aliphatic heterocycles. The summed E-state index contributed by atoms with van der Waals surface area (Å²) in [6, 6.07) is 10.9. The molecule has 0 bridgehead atoms. The molecular formula is C17H14F2N2. The summed E-state index contributed by atoms with van der Waals surface area (Å²) in [6.07, 6.45) is 3.85. The Bertz CT molecular complexity index is 761. The van der Waals surface area contributed by atoms with Crippen molar-refractivity contribution in [1.82, 2.24) is 4.98 Å². The van der Waals surface area contributed by atoms with Gasteiger partial charge in [-0.25, -0.2) is 8.78 Å². The first-order valence-electron chi connectivity index (χ1n) is 6.66. The van der Waals surface area contributed by atoms with Crippen LogP contribution in [0.4, 0.5) is 8.78 Å². The van der Waals surface area contributed by atoms with Gasteiger partial charge in [-0.2, -0.15) is 0 Å². The largest absolute Gasteiger partial charge is 0.324 e. The molecule has 2 N–H and O–H groups in total. The Kier molecular flexibility index (Phi) is 3.62. The number of nitrogens with two attached hydrogens (primary N) is 1. The van der Waals surface area contributed by atoms with Crippen LogP contribution in [0.1, 0.15) is 17.2 Å². The number of rotatable bonds is 3. The molecule has 21 heavy (non-hydrogen) atoms. The maximum absolute atomic E-state index is 13.2. The third kappa shape index (κ3) is 2.90. The number of hydrogen-bond donors (Lipinski definition) is 1. The van der Waals surface area contributed by atoms with Crippen LogP contribution in [-0.4, -0.2) is 4.98 Å². The molecule has 1 atom stereocenters. The van der Waals surface area contributed by atoms with E-state index >= 15 is 0 Å². The quantitative estimate of drug-likeness (QED) is 0.795. The molecule has 1 aromatic heterocycles. The maximum Gasteiger partial charge on any atom is 0.126 e. The summed E-state index contributed by atoms with van der Waals surface area (Å²) in [5, 5.41) is 2.01. The summed E-state index contributed by atoms with van der Waals surface area (Å²) in [4.78, 5) is 4.08. The van der Waals surface area contributed by atoms with E-state index in [-0.39, 0.29) is 6.04 Å². The maximum atomic E-state index is 13.2. The van der Waals surface area contributed by atoms with Crippen molar-refractivity contribution >= 4 is 10.8 Å². The Hall–Kier alpha value is -2.33. The predicted octanol–water partition coefficient (Wildman–Crippen LogP) is 3.76. The molecule has 0 aliphatic carbocycles. The van der Waals surface area contributed by atoms with Gasteiger partial charge >= 0.3 is 0 Å². The molecule has 0 amide bonds. The summed E-state index contributed by atoms with van der Waals surface area (Å²) in [5.41, 5.74) is 7.72. The molecular weight excluding hydrogens is 270 g/mol. The molecule has 3 aromatic rings. The van der Waals surface area contributed by atoms with E-state index in [2.05, 4.69) is 4.98 Å². The van der Waals surface area contributed by atoms with E-state index in [4.69, 9.17) is 5.73 Å². The SMILES string of the molecule is NC(Cc1cc(F)cc(F)c1)c1cccc2cnccc12. The van der Waals surface area contributed by atoms with Crippen molar-refractivity contribution in [2.75, 3.05) is 0 Å². The zero-order chi connectivity index (χ0) is 14.8. The molecule has 3 rings (SSSR count). The van der Waals surface area contributed by atoms with E-state index in [1.54, 1.807) is 12.4 Å². The highest BCUT2D eigenvalue weighted by Crippen LogP contribution is 2.25. The molecule has 1 heterocycles. The third-order valence-electron chi connectivity index (χ3n) is 3.49. The minimum Gasteiger partial charge on any atom is -0.324 e. The number of halogens is 2. The van der Waals surface area contributed by atoms with Gasteiger partial charge < -0.3 is 5.73 Å². The van der Waals surface area contributed by atoms with Crippen LogP contribution in [0.2, 0.25) is 0 Å². The van der Waals surface area contributed by atoms with E-state index in [0.717, 1.165) is 22.4 Å². The number of aromatic nitrogens is 1. The topological polar surface area (TPSA) is 38.9 Å². The van der Waals surface area contributed by atoms with Gasteiger partial charge in [0, 0.05) is 29.9 Å². The lowest BCUT2D eigenvalue weighted by Gasteiger charge is -2.15. The highest BCUT2D eigenvalue weighted by atomic mass is 19.1. The molecule has 2 aromatic carbocycles. The van der Waals surface area contributed by atoms with E-state index in [0.29, 0.717) is 12.0 Å². The van der Waals surface area contributed by atoms with Gasteiger partial charge in [-0.3, -0.25) is 4.98 Å². The van der Waals surface area contributed by atoms with E-state index in [1.807, 2.05) is 24.3 Å². The Morgan fingerprint density at radius 3 is 2.57 bits per heavy atom. The first-order chi connectivity index (χ1) is 10.1. The van der Waals surface area contributed by atoms with Gasteiger partial charge in [-0.05, 0) is 41.1 Å². The van der Waals surface area contributed by atoms with Crippen LogP contribution in [0, 0.1) is 11.6 Å². The van der Waals surface area contributed by atoms with Gasteiger partial charge in [0.05, 0.1) is 0 Å². The average molecular weight is 284 g/mol. The minimum absolute atomic E-state index is 0.336. The van der Waals surface area contributed by atoms with Gasteiger partial charge in [0.15, 0.2) is 0 Å². The molecule has 1 unspecified atom stereocenters. The molecule has 0 aliphatic rings. The molecule has 4 heteroatoms. The zero-order valence-corrected chi connectivity index (χ0v) is 11.3. The van der Waals surface area contributed by atoms with Crippen LogP contribution in [0.3, 0.4) is 0 Å². The lowest BCUT2D eigenvalue weighted by atomic mass is 9.95. The zero-order valence-electron chi connectivity index (χ0n) is 11.3. The van der Waals surface area contributed by atoms with Crippen LogP contribution in [0.25, 0.3) is 10.8 Å². The lowest BCUT2D eigenvalue weighted by Crippen LogP contribution is -2.14. The third-order valence-corrected chi connectivity index (χ3v) is 3.49. The number of nitrogens with zero attached hydrogens (tertiary/aromatic N) is 1. The van der Waals surface area contributed by atoms with Crippen LogP contribution in [0.15, 0.2) is 54.9 Å². The van der Waals surface area contributed by atoms with Gasteiger partial charge in [0.2, 0.25) is 0 Å². The van der Waals surface area contributed by atoms with Gasteiger partial charge in [0.25, 0.3) is 0 Å². The van der Waals surface area contributed by atoms with Crippen LogP contribution >= 0.6 is 0 Å². The lowest BCUT2D eigenvalue weighted by molar-refractivity contribution is 0.576. The Morgan fingerprint density at radius 2 is 1.81 bits per heavy atom. The summed E-state index contributed by atoms with van der Waals surface area (Å²) < 4.78 is 26.5. The van der Waals surface area contributed by atoms with Crippen molar-refractivity contribution in [3.63, 3.8) is 0 Å². The summed E-state index contributed by atoms with van der Waals surface area (Å²) in [7, 11) is 0. The second kappa shape index (κ2) is 5.58. The number of pyridine rings is 1. The number of benzene rings is 2. The van der Waals surface area contributed by atoms with E-state index in [9.17, 15) is 8.78 Å². The van der Waals surface area contributed by atoms with Crippen LogP contribution in [-0.2, 0) is 6.42 Å². The standard InChI is InChI=1S/C17H14F2N2/c18-13-6-11(7-14(19)9-13)8-17(20)16-3-1-2-12-10-21-5-4-15(12)16/h1-7,9-10,17H,8,20H2. The second-order valence-corrected chi connectivity index (χ2v) is 5.03. The summed E-state index contributed by atoms with van der Waals surface area (Å²) in [6.45, 7) is 0. The normalized spacial score (nSPS) is 12.5. The van der Waals surface area contributed by atoms with Crippen molar-refractivity contribution in [3.05, 3.63) is 77.6 Å². The Balaban J connectivity index is 1.95. The Morgan fingerprint density at radius 1 is 1.05 bits per heavy atom. The second-order valence-electron chi connectivity index (χ2n) is 5.03. The molecule has 0 spiro atoms. The van der Waals surface area contributed by atoms with Crippen molar-refractivity contribution in [1.29, 1.82) is 0 Å². The fraction of sp³-hybridized carbons (Fsp3) is 0.118. The highest BCUT2D eigenvalue weighted by molar-refractivity contribution is 5.85. The van der Waals surface area contributed by atoms with E-state index < -0.39 is 11.6 Å². The fourth-order valence-electron chi connectivity index (χ4n) is 2.56. The molecule has 2 nitrogen and oxygen atoms in total. The van der Waals surface area contributed by atoms with Crippen LogP contribution < -0.4 is 5.73 Å². The van der Waals surface area contributed by atoms with Gasteiger partial charge in [-0.15, -0.1) is 0 Å². The smallest absolute Gasteiger partial charge is 0.126 e. The molecule has 0 saturated carbocycles. The van der Waals surface area contributed by atoms with Gasteiger partial charge in [0.1, 0.15) is 11.6 Å². The summed E-state index contributed by atoms with van der Waals surface area (Å²) in [5.74, 6) is -1.17. The molecule has 0 fully saturated rings. The summed E-state index contributed by atoms with van der Waals surface area (Å²) >= 11 is 0. The minimum atomic E-state index is -0.584. The molecule has 106 valence electrons. The molecule has 0 saturated heterocycles. The first kappa shape index (κ1) is 13.6. The predicted molar refractivity (Wildman–Crippen MR) is 78.7 cm³/mol. The number of fused-ring (bicyclic) bond motifs is 1. The van der Waals surface area contributed by atoms with Crippen molar-refractivity contribution in [3.8, 4) is 0 Å². The number of hydrogen-bond acceptors (Lipinski definition) is 2. The fourth-order valence-corrected chi connectivity index (χ4v) is 2.56.